The van der Waals surface area contributed by atoms with Crippen LogP contribution >= 0.6 is 35.0 Å². The summed E-state index contributed by atoms with van der Waals surface area (Å²) in [6.45, 7) is 5.86. The summed E-state index contributed by atoms with van der Waals surface area (Å²) in [6, 6.07) is 9.55. The van der Waals surface area contributed by atoms with Crippen molar-refractivity contribution in [2.45, 2.75) is 18.5 Å². The van der Waals surface area contributed by atoms with E-state index in [9.17, 15) is 4.79 Å². The molecule has 1 saturated heterocycles. The molecule has 1 fully saturated rings. The third-order valence-corrected chi connectivity index (χ3v) is 6.11. The molecule has 0 aliphatic carbocycles. The first kappa shape index (κ1) is 22.0. The Bertz CT molecular complexity index is 845. The molecule has 29 heavy (non-hydrogen) atoms. The second-order valence-electron chi connectivity index (χ2n) is 6.86. The predicted molar refractivity (Wildman–Crippen MR) is 122 cm³/mol. The molecule has 0 N–H and O–H groups in total. The largest absolute Gasteiger partial charge is 0.367 e. The Kier molecular flexibility index (Phi) is 7.86. The van der Waals surface area contributed by atoms with Gasteiger partial charge in [0, 0.05) is 45.8 Å². The third kappa shape index (κ3) is 5.90. The Morgan fingerprint density at radius 1 is 1.17 bits per heavy atom. The van der Waals surface area contributed by atoms with E-state index >= 15 is 0 Å². The van der Waals surface area contributed by atoms with Crippen molar-refractivity contribution in [1.29, 1.82) is 0 Å². The first-order valence-corrected chi connectivity index (χ1v) is 11.4. The molecule has 6 nitrogen and oxygen atoms in total. The minimum Gasteiger partial charge on any atom is -0.367 e. The number of carbonyl (C=O) groups is 1. The van der Waals surface area contributed by atoms with Crippen molar-refractivity contribution in [3.05, 3.63) is 40.5 Å². The third-order valence-electron chi connectivity index (χ3n) is 4.76. The Hall–Kier alpha value is -1.70. The molecule has 3 rings (SSSR count). The Morgan fingerprint density at radius 2 is 1.90 bits per heavy atom. The van der Waals surface area contributed by atoms with E-state index in [0.717, 1.165) is 42.6 Å². The molecule has 9 heteroatoms. The summed E-state index contributed by atoms with van der Waals surface area (Å²) in [5.41, 5.74) is 1.02. The van der Waals surface area contributed by atoms with Crippen LogP contribution < -0.4 is 9.80 Å². The number of nitrogens with zero attached hydrogens (tertiary/aromatic N) is 5. The highest BCUT2D eigenvalue weighted by molar-refractivity contribution is 7.99. The average Bonchev–Trinajstić information content (AvgIpc) is 2.72. The summed E-state index contributed by atoms with van der Waals surface area (Å²) < 4.78 is 0. The molecule has 1 aromatic carbocycles. The number of para-hydroxylation sites is 1. The molecule has 1 aromatic heterocycles. The van der Waals surface area contributed by atoms with E-state index in [1.165, 1.54) is 11.8 Å². The number of hydrogen-bond donors (Lipinski definition) is 0. The fraction of sp³-hybridized carbons (Fsp3) is 0.450. The lowest BCUT2D eigenvalue weighted by Gasteiger charge is -2.36. The quantitative estimate of drug-likeness (QED) is 0.357. The molecule has 2 aromatic rings. The number of piperazine rings is 1. The number of amides is 1. The predicted octanol–water partition coefficient (Wildman–Crippen LogP) is 4.07. The smallest absolute Gasteiger partial charge is 0.233 e. The maximum absolute atomic E-state index is 12.6. The SMILES string of the molecule is CCCN(C)c1cc(Cl)nc(SCC(=O)N2CCN(c3ccccc3Cl)CC2)n1. The zero-order valence-corrected chi connectivity index (χ0v) is 19.0. The van der Waals surface area contributed by atoms with Gasteiger partial charge in [-0.15, -0.1) is 0 Å². The summed E-state index contributed by atoms with van der Waals surface area (Å²) >= 11 is 13.8. The summed E-state index contributed by atoms with van der Waals surface area (Å²) in [5, 5.41) is 1.66. The van der Waals surface area contributed by atoms with Crippen molar-refractivity contribution in [3.63, 3.8) is 0 Å². The van der Waals surface area contributed by atoms with E-state index in [0.29, 0.717) is 29.2 Å². The molecule has 0 unspecified atom stereocenters. The zero-order valence-electron chi connectivity index (χ0n) is 16.6. The van der Waals surface area contributed by atoms with Crippen molar-refractivity contribution in [2.24, 2.45) is 0 Å². The van der Waals surface area contributed by atoms with Crippen LogP contribution in [0.25, 0.3) is 0 Å². The van der Waals surface area contributed by atoms with Gasteiger partial charge in [0.2, 0.25) is 5.91 Å². The Labute approximate surface area is 186 Å². The molecular weight excluding hydrogens is 429 g/mol. The monoisotopic (exact) mass is 453 g/mol. The van der Waals surface area contributed by atoms with Crippen LogP contribution in [0.15, 0.2) is 35.5 Å². The molecule has 0 atom stereocenters. The van der Waals surface area contributed by atoms with Gasteiger partial charge in [0.1, 0.15) is 11.0 Å². The molecule has 0 radical (unpaired) electrons. The lowest BCUT2D eigenvalue weighted by atomic mass is 10.2. The van der Waals surface area contributed by atoms with Crippen molar-refractivity contribution < 1.29 is 4.79 Å². The van der Waals surface area contributed by atoms with Gasteiger partial charge in [-0.25, -0.2) is 9.97 Å². The molecule has 0 saturated carbocycles. The number of halogens is 2. The van der Waals surface area contributed by atoms with Gasteiger partial charge in [0.25, 0.3) is 0 Å². The molecule has 2 heterocycles. The van der Waals surface area contributed by atoms with Crippen LogP contribution in [0.2, 0.25) is 10.2 Å². The number of hydrogen-bond acceptors (Lipinski definition) is 6. The normalized spacial score (nSPS) is 14.2. The maximum Gasteiger partial charge on any atom is 0.233 e. The highest BCUT2D eigenvalue weighted by Crippen LogP contribution is 2.26. The minimum atomic E-state index is 0.0841. The summed E-state index contributed by atoms with van der Waals surface area (Å²) in [5.74, 6) is 1.15. The van der Waals surface area contributed by atoms with Gasteiger partial charge in [0.15, 0.2) is 5.16 Å². The molecule has 156 valence electrons. The van der Waals surface area contributed by atoms with Crippen LogP contribution in [0.1, 0.15) is 13.3 Å². The van der Waals surface area contributed by atoms with Crippen LogP contribution in [0, 0.1) is 0 Å². The van der Waals surface area contributed by atoms with Gasteiger partial charge in [0.05, 0.1) is 16.5 Å². The number of anilines is 2. The maximum atomic E-state index is 12.6. The fourth-order valence-electron chi connectivity index (χ4n) is 3.22. The zero-order chi connectivity index (χ0) is 20.8. The fourth-order valence-corrected chi connectivity index (χ4v) is 4.46. The second-order valence-corrected chi connectivity index (χ2v) is 8.60. The lowest BCUT2D eigenvalue weighted by Crippen LogP contribution is -2.49. The van der Waals surface area contributed by atoms with Crippen molar-refractivity contribution >= 4 is 52.4 Å². The number of aromatic nitrogens is 2. The summed E-state index contributed by atoms with van der Waals surface area (Å²) in [7, 11) is 1.97. The van der Waals surface area contributed by atoms with Crippen LogP contribution in [-0.4, -0.2) is 66.3 Å². The molecule has 1 amide bonds. The van der Waals surface area contributed by atoms with E-state index in [-0.39, 0.29) is 5.91 Å². The van der Waals surface area contributed by atoms with E-state index in [4.69, 9.17) is 23.2 Å². The number of rotatable bonds is 7. The summed E-state index contributed by atoms with van der Waals surface area (Å²) in [6.07, 6.45) is 1.01. The molecular formula is C20H25Cl2N5OS. The second kappa shape index (κ2) is 10.4. The Morgan fingerprint density at radius 3 is 2.59 bits per heavy atom. The van der Waals surface area contributed by atoms with Crippen LogP contribution in [0.4, 0.5) is 11.5 Å². The van der Waals surface area contributed by atoms with Crippen molar-refractivity contribution in [1.82, 2.24) is 14.9 Å². The van der Waals surface area contributed by atoms with Crippen molar-refractivity contribution in [2.75, 3.05) is 55.3 Å². The molecule has 0 bridgehead atoms. The number of thioether (sulfide) groups is 1. The minimum absolute atomic E-state index is 0.0841. The van der Waals surface area contributed by atoms with Gasteiger partial charge in [-0.2, -0.15) is 0 Å². The van der Waals surface area contributed by atoms with E-state index in [1.54, 1.807) is 6.07 Å². The highest BCUT2D eigenvalue weighted by atomic mass is 35.5. The van der Waals surface area contributed by atoms with Gasteiger partial charge >= 0.3 is 0 Å². The first-order chi connectivity index (χ1) is 14.0. The standard InChI is InChI=1S/C20H25Cl2N5OS/c1-3-8-25(2)18-13-17(22)23-20(24-18)29-14-19(28)27-11-9-26(10-12-27)16-7-5-4-6-15(16)21/h4-7,13H,3,8-12,14H2,1-2H3. The highest BCUT2D eigenvalue weighted by Gasteiger charge is 2.22. The average molecular weight is 454 g/mol. The lowest BCUT2D eigenvalue weighted by molar-refractivity contribution is -0.128. The first-order valence-electron chi connectivity index (χ1n) is 9.63. The van der Waals surface area contributed by atoms with Gasteiger partial charge in [-0.3, -0.25) is 4.79 Å². The van der Waals surface area contributed by atoms with Gasteiger partial charge in [-0.1, -0.05) is 54.0 Å². The Balaban J connectivity index is 1.53. The van der Waals surface area contributed by atoms with E-state index < -0.39 is 0 Å². The number of carbonyl (C=O) groups excluding carboxylic acids is 1. The molecule has 1 aliphatic heterocycles. The number of benzene rings is 1. The molecule has 0 spiro atoms. The van der Waals surface area contributed by atoms with Crippen LogP contribution in [-0.2, 0) is 4.79 Å². The van der Waals surface area contributed by atoms with Crippen molar-refractivity contribution in [3.8, 4) is 0 Å². The summed E-state index contributed by atoms with van der Waals surface area (Å²) in [4.78, 5) is 27.6. The van der Waals surface area contributed by atoms with E-state index in [2.05, 4.69) is 21.8 Å². The van der Waals surface area contributed by atoms with Crippen LogP contribution in [0.3, 0.4) is 0 Å². The topological polar surface area (TPSA) is 52.6 Å². The van der Waals surface area contributed by atoms with E-state index in [1.807, 2.05) is 41.1 Å². The van der Waals surface area contributed by atoms with Gasteiger partial charge < -0.3 is 14.7 Å². The van der Waals surface area contributed by atoms with Gasteiger partial charge in [-0.05, 0) is 18.6 Å². The van der Waals surface area contributed by atoms with Crippen LogP contribution in [0.5, 0.6) is 0 Å². The molecule has 1 aliphatic rings.